The van der Waals surface area contributed by atoms with Gasteiger partial charge in [-0.05, 0) is 12.8 Å². The van der Waals surface area contributed by atoms with Gasteiger partial charge < -0.3 is 0 Å². The van der Waals surface area contributed by atoms with Gasteiger partial charge in [0.15, 0.2) is 0 Å². The van der Waals surface area contributed by atoms with Crippen molar-refractivity contribution < 1.29 is 12.6 Å². The predicted octanol–water partition coefficient (Wildman–Crippen LogP) is -0.0608. The Morgan fingerprint density at radius 3 is 2.38 bits per heavy atom. The fourth-order valence-electron chi connectivity index (χ4n) is 0.359. The second-order valence-electron chi connectivity index (χ2n) is 1.81. The Hall–Kier alpha value is -0.0900. The van der Waals surface area contributed by atoms with E-state index in [4.69, 9.17) is 0 Å². The molecule has 1 rings (SSSR count). The largest absolute Gasteiger partial charge is 0.267 e. The van der Waals surface area contributed by atoms with Crippen LogP contribution in [0.25, 0.3) is 0 Å². The number of hydrogen-bond acceptors (Lipinski definition) is 3. The molecule has 0 aliphatic heterocycles. The minimum absolute atomic E-state index is 0.120. The van der Waals surface area contributed by atoms with Gasteiger partial charge in [-0.25, -0.2) is 0 Å². The van der Waals surface area contributed by atoms with E-state index in [1.54, 1.807) is 6.42 Å². The number of hydrogen-bond donors (Lipinski definition) is 0. The van der Waals surface area contributed by atoms with Crippen molar-refractivity contribution in [1.82, 2.24) is 0 Å². The third kappa shape index (κ3) is 2.28. The van der Waals surface area contributed by atoms with Crippen LogP contribution in [-0.2, 0) is 14.3 Å². The molecule has 1 fully saturated rings. The molecule has 0 aromatic rings. The first-order chi connectivity index (χ1) is 3.58. The monoisotopic (exact) mass is 135 g/mol. The van der Waals surface area contributed by atoms with E-state index < -0.39 is 10.1 Å². The van der Waals surface area contributed by atoms with Gasteiger partial charge in [-0.1, -0.05) is 0 Å². The summed E-state index contributed by atoms with van der Waals surface area (Å²) in [6.45, 7) is 0. The summed E-state index contributed by atoms with van der Waals surface area (Å²) < 4.78 is 24.9. The normalized spacial score (nSPS) is 21.1. The first-order valence-corrected chi connectivity index (χ1v) is 4.11. The molecule has 1 saturated carbocycles. The summed E-state index contributed by atoms with van der Waals surface area (Å²) in [7, 11) is -3.19. The Balaban J connectivity index is 2.38. The van der Waals surface area contributed by atoms with Crippen molar-refractivity contribution in [2.45, 2.75) is 12.5 Å². The van der Waals surface area contributed by atoms with Gasteiger partial charge in [-0.3, -0.25) is 4.18 Å². The lowest BCUT2D eigenvalue weighted by Gasteiger charge is -1.92. The molecule has 8 heavy (non-hydrogen) atoms. The fraction of sp³-hybridized carbons (Fsp3) is 0.750. The Labute approximate surface area is 48.8 Å². The molecule has 0 spiro atoms. The zero-order chi connectivity index (χ0) is 6.20. The SMILES string of the molecule is CS(=O)(=O)OC1[CH]C1. The maximum Gasteiger partial charge on any atom is 0.264 e. The van der Waals surface area contributed by atoms with Gasteiger partial charge in [-0.2, -0.15) is 8.42 Å². The maximum absolute atomic E-state index is 10.2. The van der Waals surface area contributed by atoms with E-state index in [9.17, 15) is 8.42 Å². The van der Waals surface area contributed by atoms with Gasteiger partial charge in [0.1, 0.15) is 0 Å². The van der Waals surface area contributed by atoms with Gasteiger partial charge in [0.25, 0.3) is 10.1 Å². The highest BCUT2D eigenvalue weighted by Crippen LogP contribution is 2.23. The van der Waals surface area contributed by atoms with Crippen molar-refractivity contribution in [1.29, 1.82) is 0 Å². The lowest BCUT2D eigenvalue weighted by Crippen LogP contribution is -2.03. The molecule has 1 aliphatic rings. The van der Waals surface area contributed by atoms with E-state index in [1.165, 1.54) is 0 Å². The first kappa shape index (κ1) is 6.04. The smallest absolute Gasteiger partial charge is 0.264 e. The molecule has 4 heteroatoms. The average Bonchev–Trinajstić information content (AvgIpc) is 2.12. The molecule has 0 aromatic carbocycles. The summed E-state index contributed by atoms with van der Waals surface area (Å²) in [4.78, 5) is 0. The van der Waals surface area contributed by atoms with E-state index in [1.807, 2.05) is 0 Å². The van der Waals surface area contributed by atoms with Crippen LogP contribution in [0.2, 0.25) is 0 Å². The topological polar surface area (TPSA) is 43.4 Å². The summed E-state index contributed by atoms with van der Waals surface area (Å²) >= 11 is 0. The maximum atomic E-state index is 10.2. The molecule has 0 aromatic heterocycles. The molecule has 0 bridgehead atoms. The van der Waals surface area contributed by atoms with Crippen LogP contribution in [0.3, 0.4) is 0 Å². The van der Waals surface area contributed by atoms with Crippen molar-refractivity contribution in [3.8, 4) is 0 Å². The van der Waals surface area contributed by atoms with Gasteiger partial charge >= 0.3 is 0 Å². The second-order valence-corrected chi connectivity index (χ2v) is 3.41. The summed E-state index contributed by atoms with van der Waals surface area (Å²) in [5.41, 5.74) is 0. The first-order valence-electron chi connectivity index (χ1n) is 2.29. The van der Waals surface area contributed by atoms with Crippen LogP contribution < -0.4 is 0 Å². The van der Waals surface area contributed by atoms with Crippen LogP contribution in [0.15, 0.2) is 0 Å². The molecule has 0 N–H and O–H groups in total. The summed E-state index contributed by atoms with van der Waals surface area (Å²) in [6, 6.07) is 0. The minimum Gasteiger partial charge on any atom is -0.267 e. The Kier molecular flexibility index (Phi) is 1.28. The van der Waals surface area contributed by atoms with Crippen molar-refractivity contribution >= 4 is 10.1 Å². The third-order valence-electron chi connectivity index (χ3n) is 0.727. The van der Waals surface area contributed by atoms with Crippen LogP contribution in [0.5, 0.6) is 0 Å². The van der Waals surface area contributed by atoms with Crippen molar-refractivity contribution in [2.75, 3.05) is 6.26 Å². The molecule has 3 nitrogen and oxygen atoms in total. The van der Waals surface area contributed by atoms with Crippen LogP contribution in [0.1, 0.15) is 6.42 Å². The van der Waals surface area contributed by atoms with E-state index in [2.05, 4.69) is 4.18 Å². The highest BCUT2D eigenvalue weighted by molar-refractivity contribution is 7.86. The van der Waals surface area contributed by atoms with Crippen LogP contribution >= 0.6 is 0 Å². The van der Waals surface area contributed by atoms with E-state index >= 15 is 0 Å². The highest BCUT2D eigenvalue weighted by Gasteiger charge is 2.26. The van der Waals surface area contributed by atoms with Gasteiger partial charge in [0.2, 0.25) is 0 Å². The average molecular weight is 135 g/mol. The van der Waals surface area contributed by atoms with Crippen LogP contribution in [0, 0.1) is 6.42 Å². The molecule has 0 heterocycles. The molecular weight excluding hydrogens is 128 g/mol. The van der Waals surface area contributed by atoms with Crippen molar-refractivity contribution in [3.05, 3.63) is 6.42 Å². The fourth-order valence-corrected chi connectivity index (χ4v) is 0.965. The zero-order valence-electron chi connectivity index (χ0n) is 4.49. The second kappa shape index (κ2) is 1.70. The van der Waals surface area contributed by atoms with Crippen LogP contribution in [-0.4, -0.2) is 20.8 Å². The number of rotatable bonds is 2. The summed E-state index contributed by atoms with van der Waals surface area (Å²) in [5, 5.41) is 0. The molecule has 47 valence electrons. The van der Waals surface area contributed by atoms with E-state index in [-0.39, 0.29) is 6.10 Å². The molecular formula is C4H7O3S. The minimum atomic E-state index is -3.19. The van der Waals surface area contributed by atoms with Gasteiger partial charge in [-0.15, -0.1) is 0 Å². The third-order valence-corrected chi connectivity index (χ3v) is 1.32. The van der Waals surface area contributed by atoms with Crippen molar-refractivity contribution in [2.24, 2.45) is 0 Å². The lowest BCUT2D eigenvalue weighted by molar-refractivity contribution is 0.318. The van der Waals surface area contributed by atoms with Gasteiger partial charge in [0.05, 0.1) is 12.4 Å². The quantitative estimate of drug-likeness (QED) is 0.498. The molecule has 1 radical (unpaired) electrons. The summed E-state index contributed by atoms with van der Waals surface area (Å²) in [5.74, 6) is 0. The Bertz CT molecular complexity index is 166. The predicted molar refractivity (Wildman–Crippen MR) is 28.6 cm³/mol. The standard InChI is InChI=1S/C4H7O3S/c1-8(5,6)7-4-2-3-4/h2,4H,3H2,1H3. The Morgan fingerprint density at radius 2 is 2.25 bits per heavy atom. The highest BCUT2D eigenvalue weighted by atomic mass is 32.2. The molecule has 1 unspecified atom stereocenters. The zero-order valence-corrected chi connectivity index (χ0v) is 5.31. The van der Waals surface area contributed by atoms with Crippen LogP contribution in [0.4, 0.5) is 0 Å². The van der Waals surface area contributed by atoms with Gasteiger partial charge in [0, 0.05) is 0 Å². The Morgan fingerprint density at radius 1 is 1.75 bits per heavy atom. The molecule has 0 amide bonds. The van der Waals surface area contributed by atoms with E-state index in [0.29, 0.717) is 0 Å². The lowest BCUT2D eigenvalue weighted by atomic mass is 10.9. The molecule has 1 aliphatic carbocycles. The molecule has 0 saturated heterocycles. The summed E-state index contributed by atoms with van der Waals surface area (Å²) in [6.07, 6.45) is 3.50. The van der Waals surface area contributed by atoms with E-state index in [0.717, 1.165) is 12.7 Å². The van der Waals surface area contributed by atoms with Crippen molar-refractivity contribution in [3.63, 3.8) is 0 Å². The molecule has 1 atom stereocenters.